The molecule has 1 aromatic heterocycles. The van der Waals surface area contributed by atoms with Crippen LogP contribution in [0.4, 0.5) is 0 Å². The summed E-state index contributed by atoms with van der Waals surface area (Å²) in [6.45, 7) is 10.8. The van der Waals surface area contributed by atoms with Crippen LogP contribution in [0.5, 0.6) is 0 Å². The minimum atomic E-state index is -0.809. The van der Waals surface area contributed by atoms with Crippen LogP contribution in [0.15, 0.2) is 36.7 Å². The van der Waals surface area contributed by atoms with Crippen molar-refractivity contribution in [3.05, 3.63) is 48.0 Å². The molecule has 3 amide bonds. The molecule has 9 nitrogen and oxygen atoms in total. The number of hydrogen-bond acceptors (Lipinski definition) is 5. The predicted molar refractivity (Wildman–Crippen MR) is 128 cm³/mol. The number of carbonyl (C=O) groups excluding carboxylic acids is 3. The molecule has 184 valence electrons. The largest absolute Gasteiger partial charge is 0.391 e. The quantitative estimate of drug-likeness (QED) is 0.597. The van der Waals surface area contributed by atoms with Crippen molar-refractivity contribution in [1.82, 2.24) is 25.1 Å². The van der Waals surface area contributed by atoms with Gasteiger partial charge in [0.15, 0.2) is 0 Å². The topological polar surface area (TPSA) is 117 Å². The summed E-state index contributed by atoms with van der Waals surface area (Å²) in [6, 6.07) is 5.90. The van der Waals surface area contributed by atoms with Gasteiger partial charge in [0, 0.05) is 38.0 Å². The Labute approximate surface area is 200 Å². The third-order valence-electron chi connectivity index (χ3n) is 6.18. The van der Waals surface area contributed by atoms with Gasteiger partial charge in [0.1, 0.15) is 17.9 Å². The minimum Gasteiger partial charge on any atom is -0.391 e. The normalized spacial score (nSPS) is 20.0. The summed E-state index contributed by atoms with van der Waals surface area (Å²) in [7, 11) is 0. The molecule has 0 spiro atoms. The van der Waals surface area contributed by atoms with Crippen LogP contribution in [0.2, 0.25) is 0 Å². The lowest BCUT2D eigenvalue weighted by Crippen LogP contribution is -2.57. The molecular formula is C25H35N5O4. The Kier molecular flexibility index (Phi) is 7.45. The summed E-state index contributed by atoms with van der Waals surface area (Å²) in [5.74, 6) is -0.141. The van der Waals surface area contributed by atoms with Gasteiger partial charge < -0.3 is 25.2 Å². The number of benzene rings is 1. The smallest absolute Gasteiger partial charge is 0.246 e. The molecule has 9 heteroatoms. The maximum absolute atomic E-state index is 13.3. The summed E-state index contributed by atoms with van der Waals surface area (Å²) < 4.78 is 1.97. The van der Waals surface area contributed by atoms with E-state index in [2.05, 4.69) is 15.6 Å². The molecule has 1 aliphatic rings. The lowest BCUT2D eigenvalue weighted by molar-refractivity contribution is -0.144. The van der Waals surface area contributed by atoms with E-state index in [9.17, 15) is 19.5 Å². The van der Waals surface area contributed by atoms with Crippen LogP contribution < -0.4 is 10.6 Å². The molecule has 1 aromatic carbocycles. The highest BCUT2D eigenvalue weighted by Gasteiger charge is 2.44. The highest BCUT2D eigenvalue weighted by Crippen LogP contribution is 2.27. The van der Waals surface area contributed by atoms with Crippen molar-refractivity contribution in [3.8, 4) is 5.69 Å². The Hall–Kier alpha value is -3.20. The van der Waals surface area contributed by atoms with Crippen LogP contribution in [0, 0.1) is 12.3 Å². The Balaban J connectivity index is 1.72. The number of imidazole rings is 1. The number of carbonyl (C=O) groups is 3. The highest BCUT2D eigenvalue weighted by atomic mass is 16.3. The zero-order valence-electron chi connectivity index (χ0n) is 20.7. The first-order valence-electron chi connectivity index (χ1n) is 11.5. The number of hydrogen-bond donors (Lipinski definition) is 3. The number of aromatic nitrogens is 2. The standard InChI is InChI=1S/C25H35N5O4/c1-15(18-7-9-19(10-8-18)29-12-11-26-16(29)2)27-23(33)21-13-20(32)14-30(21)24(34)22(25(4,5)6)28-17(3)31/h7-12,15,20-22,32H,13-14H2,1-6H3,(H,27,33)(H,28,31)/t15-,20+,21-,22+/m0/s1. The molecule has 4 atom stereocenters. The Morgan fingerprint density at radius 2 is 1.79 bits per heavy atom. The molecule has 1 aliphatic heterocycles. The highest BCUT2D eigenvalue weighted by molar-refractivity contribution is 5.93. The van der Waals surface area contributed by atoms with Crippen LogP contribution in [0.25, 0.3) is 5.69 Å². The summed E-state index contributed by atoms with van der Waals surface area (Å²) >= 11 is 0. The second-order valence-electron chi connectivity index (χ2n) is 10.1. The molecule has 2 heterocycles. The number of likely N-dealkylation sites (tertiary alicyclic amines) is 1. The number of aliphatic hydroxyl groups is 1. The van der Waals surface area contributed by atoms with Crippen LogP contribution in [-0.2, 0) is 14.4 Å². The van der Waals surface area contributed by atoms with Crippen LogP contribution in [-0.4, -0.2) is 62.0 Å². The number of β-amino-alcohol motifs (C(OH)–C–C–N with tert-alkyl or cyclic N) is 1. The first kappa shape index (κ1) is 25.4. The molecule has 1 fully saturated rings. The van der Waals surface area contributed by atoms with E-state index < -0.39 is 23.6 Å². The number of aryl methyl sites for hydroxylation is 1. The third kappa shape index (κ3) is 5.64. The summed E-state index contributed by atoms with van der Waals surface area (Å²) in [5.41, 5.74) is 1.33. The van der Waals surface area contributed by atoms with Gasteiger partial charge in [-0.3, -0.25) is 14.4 Å². The van der Waals surface area contributed by atoms with Crippen molar-refractivity contribution in [2.75, 3.05) is 6.54 Å². The van der Waals surface area contributed by atoms with Crippen molar-refractivity contribution >= 4 is 17.7 Å². The van der Waals surface area contributed by atoms with Crippen molar-refractivity contribution < 1.29 is 19.5 Å². The van der Waals surface area contributed by atoms with E-state index in [-0.39, 0.29) is 36.7 Å². The third-order valence-corrected chi connectivity index (χ3v) is 6.18. The molecule has 0 radical (unpaired) electrons. The average Bonchev–Trinajstić information content (AvgIpc) is 3.36. The summed E-state index contributed by atoms with van der Waals surface area (Å²) in [4.78, 5) is 43.8. The van der Waals surface area contributed by atoms with Gasteiger partial charge in [0.2, 0.25) is 17.7 Å². The molecule has 3 N–H and O–H groups in total. The van der Waals surface area contributed by atoms with E-state index in [1.165, 1.54) is 11.8 Å². The Morgan fingerprint density at radius 1 is 1.15 bits per heavy atom. The molecular weight excluding hydrogens is 434 g/mol. The summed E-state index contributed by atoms with van der Waals surface area (Å²) in [5, 5.41) is 15.9. The molecule has 3 rings (SSSR count). The van der Waals surface area contributed by atoms with Gasteiger partial charge in [-0.2, -0.15) is 0 Å². The van der Waals surface area contributed by atoms with Crippen molar-refractivity contribution in [2.24, 2.45) is 5.41 Å². The van der Waals surface area contributed by atoms with Crippen LogP contribution in [0.1, 0.15) is 58.5 Å². The number of amides is 3. The molecule has 0 aliphatic carbocycles. The van der Waals surface area contributed by atoms with Gasteiger partial charge >= 0.3 is 0 Å². The van der Waals surface area contributed by atoms with E-state index >= 15 is 0 Å². The first-order valence-corrected chi connectivity index (χ1v) is 11.5. The van der Waals surface area contributed by atoms with Gasteiger partial charge in [0.05, 0.1) is 12.1 Å². The van der Waals surface area contributed by atoms with Crippen LogP contribution in [0.3, 0.4) is 0 Å². The van der Waals surface area contributed by atoms with Gasteiger partial charge in [-0.1, -0.05) is 32.9 Å². The Morgan fingerprint density at radius 3 is 2.32 bits per heavy atom. The van der Waals surface area contributed by atoms with Crippen molar-refractivity contribution in [3.63, 3.8) is 0 Å². The zero-order chi connectivity index (χ0) is 25.2. The molecule has 1 saturated heterocycles. The second-order valence-corrected chi connectivity index (χ2v) is 10.1. The first-order chi connectivity index (χ1) is 15.9. The van der Waals surface area contributed by atoms with Gasteiger partial charge in [-0.05, 0) is 37.0 Å². The second kappa shape index (κ2) is 9.97. The summed E-state index contributed by atoms with van der Waals surface area (Å²) in [6.07, 6.45) is 2.98. The monoisotopic (exact) mass is 469 g/mol. The average molecular weight is 470 g/mol. The fourth-order valence-corrected chi connectivity index (χ4v) is 4.29. The fourth-order valence-electron chi connectivity index (χ4n) is 4.29. The number of rotatable bonds is 6. The maximum Gasteiger partial charge on any atom is 0.246 e. The van der Waals surface area contributed by atoms with Gasteiger partial charge in [-0.25, -0.2) is 4.98 Å². The Bertz CT molecular complexity index is 1040. The van der Waals surface area contributed by atoms with E-state index in [1.54, 1.807) is 6.20 Å². The number of nitrogens with zero attached hydrogens (tertiary/aromatic N) is 3. The predicted octanol–water partition coefficient (Wildman–Crippen LogP) is 1.87. The van der Waals surface area contributed by atoms with Crippen molar-refractivity contribution in [2.45, 2.75) is 72.2 Å². The lowest BCUT2D eigenvalue weighted by Gasteiger charge is -2.35. The lowest BCUT2D eigenvalue weighted by atomic mass is 9.85. The minimum absolute atomic E-state index is 0.0520. The van der Waals surface area contributed by atoms with E-state index in [4.69, 9.17) is 0 Å². The SMILES string of the molecule is CC(=O)N[C@H](C(=O)N1C[C@H](O)C[C@H]1C(=O)N[C@@H](C)c1ccc(-n2ccnc2C)cc1)C(C)(C)C. The van der Waals surface area contributed by atoms with Crippen molar-refractivity contribution in [1.29, 1.82) is 0 Å². The molecule has 0 bridgehead atoms. The van der Waals surface area contributed by atoms with Gasteiger partial charge in [0.25, 0.3) is 0 Å². The molecule has 34 heavy (non-hydrogen) atoms. The fraction of sp³-hybridized carbons (Fsp3) is 0.520. The van der Waals surface area contributed by atoms with Crippen LogP contribution >= 0.6 is 0 Å². The molecule has 2 aromatic rings. The molecule has 0 unspecified atom stereocenters. The van der Waals surface area contributed by atoms with E-state index in [1.807, 2.05) is 69.6 Å². The van der Waals surface area contributed by atoms with E-state index in [0.717, 1.165) is 17.1 Å². The number of nitrogens with one attached hydrogen (secondary N) is 2. The maximum atomic E-state index is 13.3. The molecule has 0 saturated carbocycles. The van der Waals surface area contributed by atoms with Gasteiger partial charge in [-0.15, -0.1) is 0 Å². The van der Waals surface area contributed by atoms with E-state index in [0.29, 0.717) is 0 Å². The zero-order valence-corrected chi connectivity index (χ0v) is 20.7. The number of aliphatic hydroxyl groups excluding tert-OH is 1.